The summed E-state index contributed by atoms with van der Waals surface area (Å²) < 4.78 is 290. The highest BCUT2D eigenvalue weighted by atomic mass is 16.3. The van der Waals surface area contributed by atoms with Crippen molar-refractivity contribution in [2.24, 2.45) is 0 Å². The SMILES string of the molecule is [2H]c1c([2H])c([2H])c(-c2c([2H])c([2H])c(N(c3c([2H])c([2H])c([2H])c4oc5c([2H])c([2H])c(-c6c([2H])c([2H])c([2H])c([2H])c6[2H])c([2H])c5c34)c3c([2H])c([2H])c([2H])c4oc5c([2H])c([2H])c(-c6c([2H])c([2H])c([2H])c([2H])c6[2H])c([2H])c5c34)c([2H])c2[2H])c([2H])c1[2H]. The summed E-state index contributed by atoms with van der Waals surface area (Å²) in [5.74, 6) is 0. The van der Waals surface area contributed by atoms with Crippen molar-refractivity contribution in [2.75, 3.05) is 4.90 Å². The van der Waals surface area contributed by atoms with Crippen molar-refractivity contribution in [1.82, 2.24) is 0 Å². The minimum atomic E-state index is -1.28. The van der Waals surface area contributed by atoms with Gasteiger partial charge in [-0.2, -0.15) is 0 Å². The van der Waals surface area contributed by atoms with Gasteiger partial charge in [0.05, 0.1) is 64.6 Å². The summed E-state index contributed by atoms with van der Waals surface area (Å²) in [6.45, 7) is 0. The molecular formula is C48H31NO2. The first-order valence-electron chi connectivity index (χ1n) is 30.2. The van der Waals surface area contributed by atoms with Gasteiger partial charge in [-0.05, 0) is 93.8 Å². The van der Waals surface area contributed by atoms with E-state index in [9.17, 15) is 16.4 Å². The molecule has 0 spiro atoms. The minimum Gasteiger partial charge on any atom is -0.456 e. The third-order valence-corrected chi connectivity index (χ3v) is 7.64. The molecule has 51 heavy (non-hydrogen) atoms. The Kier molecular flexibility index (Phi) is 2.72. The number of fused-ring (bicyclic) bond motifs is 6. The van der Waals surface area contributed by atoms with Gasteiger partial charge in [-0.15, -0.1) is 0 Å². The number of hydrogen-bond donors (Lipinski definition) is 0. The molecule has 3 nitrogen and oxygen atoms in total. The van der Waals surface area contributed by atoms with E-state index in [1.54, 1.807) is 0 Å². The van der Waals surface area contributed by atoms with Crippen molar-refractivity contribution in [3.05, 3.63) is 187 Å². The zero-order chi connectivity index (χ0) is 60.7. The molecule has 240 valence electrons. The molecule has 8 aromatic carbocycles. The van der Waals surface area contributed by atoms with E-state index in [1.165, 1.54) is 0 Å². The zero-order valence-corrected chi connectivity index (χ0v) is 25.3. The third-order valence-electron chi connectivity index (χ3n) is 7.64. The second-order valence-electron chi connectivity index (χ2n) is 10.5. The number of hydrogen-bond acceptors (Lipinski definition) is 3. The Hall–Kier alpha value is -6.84. The molecule has 0 radical (unpaired) electrons. The van der Waals surface area contributed by atoms with Crippen LogP contribution in [0.3, 0.4) is 0 Å². The van der Waals surface area contributed by atoms with E-state index in [1.807, 2.05) is 0 Å². The van der Waals surface area contributed by atoms with Crippen molar-refractivity contribution in [2.45, 2.75) is 0 Å². The molecule has 0 aliphatic heterocycles. The quantitative estimate of drug-likeness (QED) is 0.175. The van der Waals surface area contributed by atoms with Gasteiger partial charge in [-0.1, -0.05) is 127 Å². The van der Waals surface area contributed by atoms with Gasteiger partial charge in [0, 0.05) is 16.5 Å². The van der Waals surface area contributed by atoms with Crippen LogP contribution in [0, 0.1) is 0 Å². The Morgan fingerprint density at radius 1 is 0.333 bits per heavy atom. The number of benzene rings is 8. The predicted molar refractivity (Wildman–Crippen MR) is 212 cm³/mol. The lowest BCUT2D eigenvalue weighted by atomic mass is 10.00. The average molecular weight is 685 g/mol. The lowest BCUT2D eigenvalue weighted by molar-refractivity contribution is 0.669. The van der Waals surface area contributed by atoms with Crippen molar-refractivity contribution < 1.29 is 51.3 Å². The Bertz CT molecular complexity index is 4320. The number of rotatable bonds is 6. The molecule has 0 unspecified atom stereocenters. The van der Waals surface area contributed by atoms with Gasteiger partial charge >= 0.3 is 0 Å². The lowest BCUT2D eigenvalue weighted by Crippen LogP contribution is -2.10. The van der Waals surface area contributed by atoms with E-state index in [4.69, 9.17) is 34.9 Å². The van der Waals surface area contributed by atoms with E-state index >= 15 is 0 Å². The lowest BCUT2D eigenvalue weighted by Gasteiger charge is -2.27. The predicted octanol–water partition coefficient (Wildman–Crippen LogP) is 14.0. The monoisotopic (exact) mass is 684 g/mol. The van der Waals surface area contributed by atoms with Gasteiger partial charge in [0.2, 0.25) is 0 Å². The average Bonchev–Trinajstić information content (AvgIpc) is 1.76. The van der Waals surface area contributed by atoms with Gasteiger partial charge in [0.15, 0.2) is 0 Å². The Labute approximate surface area is 338 Å². The summed E-state index contributed by atoms with van der Waals surface area (Å²) in [5, 5.41) is -3.12. The second-order valence-corrected chi connectivity index (χ2v) is 10.5. The molecule has 0 fully saturated rings. The third kappa shape index (κ3) is 4.98. The highest BCUT2D eigenvalue weighted by Gasteiger charge is 2.23. The Morgan fingerprint density at radius 2 is 0.725 bits per heavy atom. The second kappa shape index (κ2) is 11.9. The zero-order valence-electron chi connectivity index (χ0n) is 56.3. The van der Waals surface area contributed by atoms with Crippen LogP contribution < -0.4 is 4.90 Å². The normalized spacial score (nSPS) is 20.0. The van der Waals surface area contributed by atoms with Gasteiger partial charge in [0.25, 0.3) is 0 Å². The maximum absolute atomic E-state index is 9.76. The summed E-state index contributed by atoms with van der Waals surface area (Å²) in [6.07, 6.45) is 0. The molecule has 0 saturated carbocycles. The summed E-state index contributed by atoms with van der Waals surface area (Å²) in [7, 11) is 0. The molecule has 0 bridgehead atoms. The summed E-state index contributed by atoms with van der Waals surface area (Å²) in [4.78, 5) is 0.463. The molecule has 0 aliphatic rings. The van der Waals surface area contributed by atoms with Crippen LogP contribution in [0.25, 0.3) is 77.3 Å². The standard InChI is InChI=1S/C48H31NO2/c1-4-12-32(13-5-1)35-22-26-38(27-23-35)49(41-18-10-20-45-47(41)39-30-36(24-28-43(39)50-45)33-14-6-2-7-15-33)42-19-11-21-46-48(42)40-31-37(25-29-44(40)51-46)34-16-8-3-9-17-34/h1-31H/i1D,2D,3D,4D,5D,6D,7D,8D,9D,10D,11D,12D,13D,14D,15D,16D,17D,18D,19D,20D,21D,22D,23D,24D,25D,26D,27D,28D,29D,30D,31D. The number of nitrogens with zero attached hydrogens (tertiary/aromatic N) is 1. The molecule has 10 rings (SSSR count). The van der Waals surface area contributed by atoms with Gasteiger partial charge < -0.3 is 13.7 Å². The molecule has 0 aliphatic carbocycles. The van der Waals surface area contributed by atoms with Crippen molar-refractivity contribution in [3.8, 4) is 33.4 Å². The molecular weight excluding hydrogens is 623 g/mol. The van der Waals surface area contributed by atoms with Crippen molar-refractivity contribution in [3.63, 3.8) is 0 Å². The molecule has 0 amide bonds. The first kappa shape index (κ1) is 11.6. The van der Waals surface area contributed by atoms with Crippen LogP contribution in [0.1, 0.15) is 42.5 Å². The van der Waals surface area contributed by atoms with E-state index < -0.39 is 282 Å². The van der Waals surface area contributed by atoms with E-state index in [0.29, 0.717) is 4.90 Å². The van der Waals surface area contributed by atoms with E-state index in [0.717, 1.165) is 0 Å². The highest BCUT2D eigenvalue weighted by Crippen LogP contribution is 2.48. The van der Waals surface area contributed by atoms with Gasteiger partial charge in [-0.3, -0.25) is 0 Å². The van der Waals surface area contributed by atoms with Crippen LogP contribution in [0.15, 0.2) is 196 Å². The minimum absolute atomic E-state index is 0.463. The fourth-order valence-corrected chi connectivity index (χ4v) is 5.46. The van der Waals surface area contributed by atoms with Crippen molar-refractivity contribution in [1.29, 1.82) is 0 Å². The van der Waals surface area contributed by atoms with Crippen LogP contribution >= 0.6 is 0 Å². The van der Waals surface area contributed by atoms with E-state index in [-0.39, 0.29) is 0 Å². The Balaban J connectivity index is 1.51. The molecule has 3 heteroatoms. The van der Waals surface area contributed by atoms with Crippen molar-refractivity contribution >= 4 is 60.9 Å². The first-order chi connectivity index (χ1) is 38.2. The molecule has 0 N–H and O–H groups in total. The molecule has 10 aromatic rings. The molecule has 2 aromatic heterocycles. The highest BCUT2D eigenvalue weighted by molar-refractivity contribution is 6.18. The van der Waals surface area contributed by atoms with Gasteiger partial charge in [0.1, 0.15) is 22.3 Å². The topological polar surface area (TPSA) is 29.5 Å². The maximum atomic E-state index is 9.76. The van der Waals surface area contributed by atoms with Crippen LogP contribution in [0.5, 0.6) is 0 Å². The number of anilines is 3. The Morgan fingerprint density at radius 3 is 1.18 bits per heavy atom. The molecule has 0 saturated heterocycles. The first-order valence-corrected chi connectivity index (χ1v) is 14.7. The molecule has 2 heterocycles. The summed E-state index contributed by atoms with van der Waals surface area (Å²) >= 11 is 0. The van der Waals surface area contributed by atoms with Crippen LogP contribution in [-0.4, -0.2) is 0 Å². The molecule has 0 atom stereocenters. The largest absolute Gasteiger partial charge is 0.456 e. The van der Waals surface area contributed by atoms with Crippen LogP contribution in [0.2, 0.25) is 0 Å². The summed E-state index contributed by atoms with van der Waals surface area (Å²) in [5.41, 5.74) is -11.6. The van der Waals surface area contributed by atoms with Crippen LogP contribution in [0.4, 0.5) is 17.1 Å². The van der Waals surface area contributed by atoms with Gasteiger partial charge in [-0.25, -0.2) is 0 Å². The van der Waals surface area contributed by atoms with E-state index in [2.05, 4.69) is 0 Å². The fourth-order valence-electron chi connectivity index (χ4n) is 5.46. The van der Waals surface area contributed by atoms with Crippen LogP contribution in [-0.2, 0) is 0 Å². The maximum Gasteiger partial charge on any atom is 0.137 e. The summed E-state index contributed by atoms with van der Waals surface area (Å²) in [6, 6.07) is -31.9. The smallest absolute Gasteiger partial charge is 0.137 e. The fraction of sp³-hybridized carbons (Fsp3) is 0. The number of furan rings is 2.